The van der Waals surface area contributed by atoms with E-state index in [1.54, 1.807) is 43.8 Å². The highest BCUT2D eigenvalue weighted by atomic mass is 32.2. The average Bonchev–Trinajstić information content (AvgIpc) is 3.07. The van der Waals surface area contributed by atoms with Gasteiger partial charge < -0.3 is 4.74 Å². The molecule has 2 aromatic carbocycles. The van der Waals surface area contributed by atoms with Crippen molar-refractivity contribution in [1.29, 1.82) is 0 Å². The Morgan fingerprint density at radius 3 is 2.69 bits per heavy atom. The van der Waals surface area contributed by atoms with Gasteiger partial charge in [-0.15, -0.1) is 11.8 Å². The van der Waals surface area contributed by atoms with Crippen molar-refractivity contribution in [2.45, 2.75) is 24.8 Å². The highest BCUT2D eigenvalue weighted by molar-refractivity contribution is 7.98. The van der Waals surface area contributed by atoms with Crippen LogP contribution in [0, 0.1) is 5.82 Å². The Kier molecular flexibility index (Phi) is 6.43. The summed E-state index contributed by atoms with van der Waals surface area (Å²) in [5.41, 5.74) is 1.94. The van der Waals surface area contributed by atoms with Crippen LogP contribution in [0.5, 0.6) is 0 Å². The van der Waals surface area contributed by atoms with Crippen molar-refractivity contribution in [3.05, 3.63) is 96.4 Å². The van der Waals surface area contributed by atoms with E-state index in [0.29, 0.717) is 26.2 Å². The molecule has 3 aromatic rings. The molecule has 0 spiro atoms. The second-order valence-corrected chi connectivity index (χ2v) is 9.02. The van der Waals surface area contributed by atoms with Crippen LogP contribution in [0.4, 0.5) is 4.39 Å². The number of hydrogen-bond donors (Lipinski definition) is 0. The van der Waals surface area contributed by atoms with E-state index in [1.807, 2.05) is 30.5 Å². The minimum absolute atomic E-state index is 0.220. The first-order chi connectivity index (χ1) is 15.4. The predicted octanol–water partition coefficient (Wildman–Crippen LogP) is 3.66. The van der Waals surface area contributed by atoms with Gasteiger partial charge in [0.2, 0.25) is 0 Å². The van der Waals surface area contributed by atoms with Crippen molar-refractivity contribution in [2.75, 3.05) is 12.9 Å². The maximum Gasteiger partial charge on any atom is 0.338 e. The molecule has 1 atom stereocenters. The van der Waals surface area contributed by atoms with Crippen molar-refractivity contribution >= 4 is 35.1 Å². The molecule has 0 amide bonds. The number of hydrogen-bond acceptors (Lipinski definition) is 6. The Morgan fingerprint density at radius 1 is 1.28 bits per heavy atom. The molecule has 0 saturated carbocycles. The number of nitrogens with zero attached hydrogens (tertiary/aromatic N) is 2. The maximum absolute atomic E-state index is 13.6. The zero-order valence-corrected chi connectivity index (χ0v) is 19.4. The molecule has 0 unspecified atom stereocenters. The second-order valence-electron chi connectivity index (χ2n) is 7.13. The minimum Gasteiger partial charge on any atom is -0.463 e. The minimum atomic E-state index is -0.657. The lowest BCUT2D eigenvalue weighted by Crippen LogP contribution is -2.39. The number of ether oxygens (including phenoxy) is 1. The first kappa shape index (κ1) is 22.2. The predicted molar refractivity (Wildman–Crippen MR) is 125 cm³/mol. The second kappa shape index (κ2) is 9.26. The van der Waals surface area contributed by atoms with E-state index in [4.69, 9.17) is 4.74 Å². The smallest absolute Gasteiger partial charge is 0.338 e. The van der Waals surface area contributed by atoms with Gasteiger partial charge >= 0.3 is 5.97 Å². The number of allylic oxidation sites excluding steroid dienone is 1. The Bertz CT molecular complexity index is 1390. The molecule has 1 aromatic heterocycles. The summed E-state index contributed by atoms with van der Waals surface area (Å²) in [7, 11) is 0. The van der Waals surface area contributed by atoms with Gasteiger partial charge in [0.25, 0.3) is 5.56 Å². The fourth-order valence-corrected chi connectivity index (χ4v) is 5.10. The normalized spacial score (nSPS) is 16.0. The summed E-state index contributed by atoms with van der Waals surface area (Å²) < 4.78 is 20.9. The molecular formula is C24H21FN2O3S2. The standard InChI is InChI=1S/C24H21FN2O3S2/c1-4-30-23(29)20-14(2)26-24-27(21(20)16-8-10-18(31-3)11-9-16)22(28)19(32-24)13-15-6-5-7-17(25)12-15/h5-13,21H,4H2,1-3H3/b19-13-/t21-/m0/s1. The molecule has 8 heteroatoms. The highest BCUT2D eigenvalue weighted by Crippen LogP contribution is 2.31. The molecular weight excluding hydrogens is 447 g/mol. The summed E-state index contributed by atoms with van der Waals surface area (Å²) in [6, 6.07) is 13.1. The van der Waals surface area contributed by atoms with Crippen LogP contribution in [0.25, 0.3) is 6.08 Å². The van der Waals surface area contributed by atoms with Crippen LogP contribution in [-0.2, 0) is 9.53 Å². The van der Waals surface area contributed by atoms with Crippen LogP contribution in [0.1, 0.15) is 31.0 Å². The largest absolute Gasteiger partial charge is 0.463 e. The third-order valence-corrected chi connectivity index (χ3v) is 6.82. The molecule has 0 radical (unpaired) electrons. The van der Waals surface area contributed by atoms with Crippen LogP contribution >= 0.6 is 23.1 Å². The van der Waals surface area contributed by atoms with Gasteiger partial charge in [0.1, 0.15) is 5.82 Å². The van der Waals surface area contributed by atoms with Crippen LogP contribution in [0.3, 0.4) is 0 Å². The number of benzene rings is 2. The van der Waals surface area contributed by atoms with Gasteiger partial charge in [-0.2, -0.15) is 0 Å². The van der Waals surface area contributed by atoms with Gasteiger partial charge in [-0.3, -0.25) is 9.36 Å². The fourth-order valence-electron chi connectivity index (χ4n) is 3.64. The Morgan fingerprint density at radius 2 is 2.03 bits per heavy atom. The third kappa shape index (κ3) is 4.20. The SMILES string of the molecule is CCOC(=O)C1=C(C)N=c2s/c(=C\c3cccc(F)c3)c(=O)n2[C@H]1c1ccc(SC)cc1. The average molecular weight is 469 g/mol. The Hall–Kier alpha value is -2.97. The Labute approximate surface area is 192 Å². The van der Waals surface area contributed by atoms with E-state index in [2.05, 4.69) is 4.99 Å². The lowest BCUT2D eigenvalue weighted by atomic mass is 9.96. The molecule has 0 bridgehead atoms. The number of halogens is 1. The molecule has 0 aliphatic carbocycles. The highest BCUT2D eigenvalue weighted by Gasteiger charge is 2.33. The lowest BCUT2D eigenvalue weighted by Gasteiger charge is -2.24. The van der Waals surface area contributed by atoms with E-state index in [0.717, 1.165) is 10.5 Å². The zero-order valence-electron chi connectivity index (χ0n) is 17.8. The molecule has 4 rings (SSSR count). The van der Waals surface area contributed by atoms with E-state index >= 15 is 0 Å². The summed E-state index contributed by atoms with van der Waals surface area (Å²) in [5.74, 6) is -0.870. The van der Waals surface area contributed by atoms with E-state index in [-0.39, 0.29) is 18.0 Å². The van der Waals surface area contributed by atoms with E-state index in [1.165, 1.54) is 28.0 Å². The molecule has 1 aliphatic rings. The summed E-state index contributed by atoms with van der Waals surface area (Å²) in [6.45, 7) is 3.71. The Balaban J connectivity index is 1.94. The van der Waals surface area contributed by atoms with Gasteiger partial charge in [-0.25, -0.2) is 14.2 Å². The number of rotatable bonds is 5. The van der Waals surface area contributed by atoms with Crippen molar-refractivity contribution < 1.29 is 13.9 Å². The molecule has 0 fully saturated rings. The van der Waals surface area contributed by atoms with Crippen molar-refractivity contribution in [3.63, 3.8) is 0 Å². The van der Waals surface area contributed by atoms with Gasteiger partial charge in [-0.1, -0.05) is 35.6 Å². The summed E-state index contributed by atoms with van der Waals surface area (Å²) in [6.07, 6.45) is 3.63. The number of thiazole rings is 1. The molecule has 0 saturated heterocycles. The van der Waals surface area contributed by atoms with Crippen molar-refractivity contribution in [2.24, 2.45) is 4.99 Å². The first-order valence-electron chi connectivity index (χ1n) is 10.0. The van der Waals surface area contributed by atoms with E-state index in [9.17, 15) is 14.0 Å². The molecule has 32 heavy (non-hydrogen) atoms. The molecule has 2 heterocycles. The number of thioether (sulfide) groups is 1. The lowest BCUT2D eigenvalue weighted by molar-refractivity contribution is -0.139. The molecule has 164 valence electrons. The summed E-state index contributed by atoms with van der Waals surface area (Å²) in [4.78, 5) is 32.4. The molecule has 0 N–H and O–H groups in total. The number of aromatic nitrogens is 1. The van der Waals surface area contributed by atoms with Crippen molar-refractivity contribution in [1.82, 2.24) is 4.57 Å². The fraction of sp³-hybridized carbons (Fsp3) is 0.208. The van der Waals surface area contributed by atoms with Crippen LogP contribution < -0.4 is 14.9 Å². The first-order valence-corrected chi connectivity index (χ1v) is 12.1. The van der Waals surface area contributed by atoms with Crippen LogP contribution in [-0.4, -0.2) is 23.4 Å². The topological polar surface area (TPSA) is 60.7 Å². The van der Waals surface area contributed by atoms with Gasteiger partial charge in [0.05, 0.1) is 28.5 Å². The maximum atomic E-state index is 13.6. The number of esters is 1. The summed E-state index contributed by atoms with van der Waals surface area (Å²) in [5, 5.41) is 0. The number of fused-ring (bicyclic) bond motifs is 1. The molecule has 1 aliphatic heterocycles. The molecule has 5 nitrogen and oxygen atoms in total. The van der Waals surface area contributed by atoms with Gasteiger partial charge in [0, 0.05) is 4.90 Å². The zero-order chi connectivity index (χ0) is 22.8. The number of carbonyl (C=O) groups excluding carboxylic acids is 1. The third-order valence-electron chi connectivity index (χ3n) is 5.10. The van der Waals surface area contributed by atoms with Gasteiger partial charge in [0.15, 0.2) is 4.80 Å². The summed E-state index contributed by atoms with van der Waals surface area (Å²) >= 11 is 2.83. The van der Waals surface area contributed by atoms with E-state index < -0.39 is 12.0 Å². The monoisotopic (exact) mass is 468 g/mol. The number of carbonyl (C=O) groups is 1. The van der Waals surface area contributed by atoms with Gasteiger partial charge in [-0.05, 0) is 61.6 Å². The van der Waals surface area contributed by atoms with Crippen molar-refractivity contribution in [3.8, 4) is 0 Å². The quantitative estimate of drug-likeness (QED) is 0.424. The van der Waals surface area contributed by atoms with Crippen LogP contribution in [0.2, 0.25) is 0 Å². The van der Waals surface area contributed by atoms with Crippen LogP contribution in [0.15, 0.2) is 74.5 Å².